The fraction of sp³-hybridized carbons (Fsp3) is 0.478. The van der Waals surface area contributed by atoms with Crippen molar-refractivity contribution in [2.45, 2.75) is 62.9 Å². The van der Waals surface area contributed by atoms with Crippen LogP contribution >= 0.6 is 0 Å². The van der Waals surface area contributed by atoms with Crippen LogP contribution in [0.25, 0.3) is 0 Å². The second-order valence-corrected chi connectivity index (χ2v) is 8.53. The van der Waals surface area contributed by atoms with Crippen LogP contribution in [0.4, 0.5) is 0 Å². The van der Waals surface area contributed by atoms with Crippen molar-refractivity contribution in [2.24, 2.45) is 22.2 Å². The molecule has 0 aliphatic heterocycles. The number of guanidine groups is 1. The Hall–Kier alpha value is -4.24. The largest absolute Gasteiger partial charge is 0.481 e. The minimum atomic E-state index is -1.75. The van der Waals surface area contributed by atoms with E-state index in [0.29, 0.717) is 12.0 Å². The molecule has 0 saturated heterocycles. The van der Waals surface area contributed by atoms with Gasteiger partial charge in [-0.15, -0.1) is 0 Å². The summed E-state index contributed by atoms with van der Waals surface area (Å²) in [5.41, 5.74) is 16.9. The van der Waals surface area contributed by atoms with E-state index in [1.165, 1.54) is 6.92 Å². The van der Waals surface area contributed by atoms with Gasteiger partial charge < -0.3 is 48.5 Å². The van der Waals surface area contributed by atoms with E-state index in [-0.39, 0.29) is 25.3 Å². The molecule has 12 N–H and O–H groups in total. The number of carboxylic acids is 2. The van der Waals surface area contributed by atoms with Gasteiger partial charge in [0.15, 0.2) is 5.96 Å². The molecule has 0 aliphatic rings. The van der Waals surface area contributed by atoms with E-state index < -0.39 is 66.4 Å². The first-order valence-electron chi connectivity index (χ1n) is 11.7. The van der Waals surface area contributed by atoms with Crippen LogP contribution in [-0.2, 0) is 30.4 Å². The first kappa shape index (κ1) is 31.8. The first-order chi connectivity index (χ1) is 17.8. The van der Waals surface area contributed by atoms with Crippen LogP contribution < -0.4 is 33.2 Å². The molecule has 1 aromatic carbocycles. The number of rotatable bonds is 16. The Morgan fingerprint density at radius 1 is 0.921 bits per heavy atom. The van der Waals surface area contributed by atoms with Crippen molar-refractivity contribution in [2.75, 3.05) is 6.54 Å². The normalized spacial score (nSPS) is 14.6. The van der Waals surface area contributed by atoms with Crippen molar-refractivity contribution in [3.8, 4) is 0 Å². The number of nitrogens with zero attached hydrogens (tertiary/aromatic N) is 1. The van der Waals surface area contributed by atoms with Gasteiger partial charge in [0.2, 0.25) is 17.7 Å². The lowest BCUT2D eigenvalue weighted by Gasteiger charge is -2.26. The number of carboxylic acid groups (broad SMARTS) is 2. The summed E-state index contributed by atoms with van der Waals surface area (Å²) in [4.78, 5) is 64.6. The van der Waals surface area contributed by atoms with Gasteiger partial charge in [-0.1, -0.05) is 30.3 Å². The number of aliphatic carboxylic acids is 2. The number of carbonyl (C=O) groups excluding carboxylic acids is 3. The average molecular weight is 538 g/mol. The molecule has 15 heteroatoms. The summed E-state index contributed by atoms with van der Waals surface area (Å²) >= 11 is 0. The van der Waals surface area contributed by atoms with Crippen molar-refractivity contribution in [1.29, 1.82) is 0 Å². The first-order valence-corrected chi connectivity index (χ1v) is 11.7. The number of hydrogen-bond acceptors (Lipinski definition) is 8. The minimum absolute atomic E-state index is 0.0946. The van der Waals surface area contributed by atoms with Crippen LogP contribution in [0.1, 0.15) is 31.7 Å². The number of aliphatic imine (C=N–C) groups is 1. The molecule has 3 amide bonds. The Labute approximate surface area is 218 Å². The third-order valence-electron chi connectivity index (χ3n) is 5.28. The maximum atomic E-state index is 13.0. The molecule has 1 aromatic rings. The molecule has 38 heavy (non-hydrogen) atoms. The summed E-state index contributed by atoms with van der Waals surface area (Å²) in [5.74, 6) is -5.79. The van der Waals surface area contributed by atoms with Crippen molar-refractivity contribution in [3.63, 3.8) is 0 Å². The Kier molecular flexibility index (Phi) is 13.2. The van der Waals surface area contributed by atoms with Gasteiger partial charge in [-0.05, 0) is 25.3 Å². The molecule has 0 radical (unpaired) electrons. The molecule has 0 aliphatic carbocycles. The van der Waals surface area contributed by atoms with Gasteiger partial charge in [0.05, 0.1) is 18.6 Å². The Morgan fingerprint density at radius 2 is 1.53 bits per heavy atom. The zero-order chi connectivity index (χ0) is 28.8. The fourth-order valence-electron chi connectivity index (χ4n) is 3.28. The minimum Gasteiger partial charge on any atom is -0.481 e. The molecular formula is C23H35N7O8. The molecule has 5 atom stereocenters. The molecule has 0 aromatic heterocycles. The molecular weight excluding hydrogens is 502 g/mol. The molecule has 15 nitrogen and oxygen atoms in total. The average Bonchev–Trinajstić information content (AvgIpc) is 2.83. The quantitative estimate of drug-likeness (QED) is 0.0582. The molecule has 0 fully saturated rings. The van der Waals surface area contributed by atoms with E-state index in [1.54, 1.807) is 30.3 Å². The van der Waals surface area contributed by atoms with Gasteiger partial charge in [0, 0.05) is 13.0 Å². The highest BCUT2D eigenvalue weighted by Crippen LogP contribution is 2.07. The Morgan fingerprint density at radius 3 is 2.05 bits per heavy atom. The van der Waals surface area contributed by atoms with Crippen LogP contribution in [0, 0.1) is 0 Å². The smallest absolute Gasteiger partial charge is 0.326 e. The van der Waals surface area contributed by atoms with Gasteiger partial charge in [-0.3, -0.25) is 24.2 Å². The summed E-state index contributed by atoms with van der Waals surface area (Å²) in [7, 11) is 0. The fourth-order valence-corrected chi connectivity index (χ4v) is 3.28. The molecule has 0 spiro atoms. The lowest BCUT2D eigenvalue weighted by Crippen LogP contribution is -2.60. The number of hydrogen-bond donors (Lipinski definition) is 9. The van der Waals surface area contributed by atoms with Crippen molar-refractivity contribution >= 4 is 35.6 Å². The third kappa shape index (κ3) is 11.7. The van der Waals surface area contributed by atoms with Crippen molar-refractivity contribution in [3.05, 3.63) is 35.9 Å². The maximum absolute atomic E-state index is 13.0. The predicted octanol–water partition coefficient (Wildman–Crippen LogP) is -3.00. The zero-order valence-electron chi connectivity index (χ0n) is 20.9. The Bertz CT molecular complexity index is 999. The van der Waals surface area contributed by atoms with Crippen molar-refractivity contribution < 1.29 is 39.3 Å². The SMILES string of the molecule is CC(O)C(NC(=O)C(N)CCCN=C(N)N)C(=O)NC(Cc1ccccc1)C(=O)NC(CC(=O)O)C(=O)O. The number of nitrogens with one attached hydrogen (secondary N) is 3. The monoisotopic (exact) mass is 537 g/mol. The highest BCUT2D eigenvalue weighted by Gasteiger charge is 2.33. The number of benzene rings is 1. The van der Waals surface area contributed by atoms with E-state index in [4.69, 9.17) is 22.3 Å². The summed E-state index contributed by atoms with van der Waals surface area (Å²) in [5, 5.41) is 35.2. The third-order valence-corrected chi connectivity index (χ3v) is 5.28. The summed E-state index contributed by atoms with van der Waals surface area (Å²) in [6.45, 7) is 1.48. The lowest BCUT2D eigenvalue weighted by molar-refractivity contribution is -0.147. The number of aliphatic hydroxyl groups excluding tert-OH is 1. The van der Waals surface area contributed by atoms with E-state index in [2.05, 4.69) is 20.9 Å². The second kappa shape index (κ2) is 15.8. The van der Waals surface area contributed by atoms with Gasteiger partial charge in [-0.2, -0.15) is 0 Å². The van der Waals surface area contributed by atoms with E-state index in [0.717, 1.165) is 0 Å². The van der Waals surface area contributed by atoms with Crippen molar-refractivity contribution in [1.82, 2.24) is 16.0 Å². The number of nitrogens with two attached hydrogens (primary N) is 3. The van der Waals surface area contributed by atoms with Crippen LogP contribution in [-0.4, -0.2) is 87.8 Å². The zero-order valence-corrected chi connectivity index (χ0v) is 20.9. The summed E-state index contributed by atoms with van der Waals surface area (Å²) < 4.78 is 0. The number of carbonyl (C=O) groups is 5. The van der Waals surface area contributed by atoms with Gasteiger partial charge in [0.25, 0.3) is 0 Å². The summed E-state index contributed by atoms with van der Waals surface area (Å²) in [6.07, 6.45) is -1.83. The predicted molar refractivity (Wildman–Crippen MR) is 135 cm³/mol. The summed E-state index contributed by atoms with van der Waals surface area (Å²) in [6, 6.07) is 2.74. The van der Waals surface area contributed by atoms with Crippen LogP contribution in [0.15, 0.2) is 35.3 Å². The molecule has 0 bridgehead atoms. The standard InChI is InChI=1S/C23H35N7O8/c1-12(31)18(30-19(34)14(24)8-5-9-27-23(25)26)21(36)28-15(10-13-6-3-2-4-7-13)20(35)29-16(22(37)38)11-17(32)33/h2-4,6-7,12,14-16,18,31H,5,8-11,24H2,1H3,(H,28,36)(H,29,35)(H,30,34)(H,32,33)(H,37,38)(H4,25,26,27). The second-order valence-electron chi connectivity index (χ2n) is 8.53. The lowest BCUT2D eigenvalue weighted by atomic mass is 10.0. The van der Waals surface area contributed by atoms with Gasteiger partial charge in [-0.25, -0.2) is 4.79 Å². The topological polar surface area (TPSA) is 273 Å². The number of aliphatic hydroxyl groups is 1. The maximum Gasteiger partial charge on any atom is 0.326 e. The van der Waals surface area contributed by atoms with Crippen LogP contribution in [0.5, 0.6) is 0 Å². The molecule has 0 heterocycles. The Balaban J connectivity index is 3.01. The molecule has 0 saturated carbocycles. The van der Waals surface area contributed by atoms with E-state index in [9.17, 15) is 34.2 Å². The molecule has 5 unspecified atom stereocenters. The highest BCUT2D eigenvalue weighted by atomic mass is 16.4. The van der Waals surface area contributed by atoms with Crippen LogP contribution in [0.3, 0.4) is 0 Å². The van der Waals surface area contributed by atoms with Gasteiger partial charge >= 0.3 is 11.9 Å². The van der Waals surface area contributed by atoms with E-state index in [1.807, 2.05) is 0 Å². The highest BCUT2D eigenvalue weighted by molar-refractivity contribution is 5.95. The molecule has 210 valence electrons. The molecule has 1 rings (SSSR count). The number of amides is 3. The van der Waals surface area contributed by atoms with E-state index >= 15 is 0 Å². The van der Waals surface area contributed by atoms with Gasteiger partial charge in [0.1, 0.15) is 18.1 Å². The van der Waals surface area contributed by atoms with Crippen LogP contribution in [0.2, 0.25) is 0 Å².